The largest absolute Gasteiger partial charge is 0.480 e. The lowest BCUT2D eigenvalue weighted by atomic mass is 9.99. The minimum atomic E-state index is -4.02. The van der Waals surface area contributed by atoms with E-state index in [-0.39, 0.29) is 42.3 Å². The second-order valence-electron chi connectivity index (χ2n) is 9.72. The SMILES string of the molecule is COC(=O)[C@]1(CO)CCCN1S(=O)(=O)c1ccc(F)cc1.COC[C@@]1(C(=O)O)CCCN1S(=O)(=O)c1ccc(F)cc1. The monoisotopic (exact) mass is 634 g/mol. The van der Waals surface area contributed by atoms with Gasteiger partial charge in [0.15, 0.2) is 11.1 Å². The Balaban J connectivity index is 0.000000230. The average molecular weight is 635 g/mol. The van der Waals surface area contributed by atoms with Crippen LogP contribution < -0.4 is 0 Å². The van der Waals surface area contributed by atoms with E-state index in [1.807, 2.05) is 0 Å². The molecular formula is C26H32F2N2O10S2. The zero-order valence-corrected chi connectivity index (χ0v) is 24.5. The van der Waals surface area contributed by atoms with E-state index in [1.54, 1.807) is 0 Å². The molecule has 0 aromatic heterocycles. The molecule has 0 spiro atoms. The number of halogens is 2. The lowest BCUT2D eigenvalue weighted by Gasteiger charge is -2.33. The number of aliphatic hydroxyl groups is 1. The topological polar surface area (TPSA) is 168 Å². The summed E-state index contributed by atoms with van der Waals surface area (Å²) in [6, 6.07) is 8.63. The van der Waals surface area contributed by atoms with Gasteiger partial charge in [-0.05, 0) is 74.2 Å². The number of hydrogen-bond acceptors (Lipinski definition) is 9. The second kappa shape index (κ2) is 13.1. The normalized spacial score (nSPS) is 23.3. The molecule has 2 atom stereocenters. The molecule has 2 aliphatic rings. The first-order valence-electron chi connectivity index (χ1n) is 12.7. The molecule has 12 nitrogen and oxygen atoms in total. The highest BCUT2D eigenvalue weighted by molar-refractivity contribution is 7.89. The van der Waals surface area contributed by atoms with Crippen molar-refractivity contribution in [3.05, 3.63) is 60.2 Å². The Morgan fingerprint density at radius 1 is 0.810 bits per heavy atom. The van der Waals surface area contributed by atoms with E-state index in [2.05, 4.69) is 4.74 Å². The van der Waals surface area contributed by atoms with Crippen molar-refractivity contribution in [2.24, 2.45) is 0 Å². The molecule has 2 N–H and O–H groups in total. The third kappa shape index (κ3) is 6.18. The fourth-order valence-corrected chi connectivity index (χ4v) is 8.72. The van der Waals surface area contributed by atoms with Crippen LogP contribution in [0.4, 0.5) is 8.78 Å². The van der Waals surface area contributed by atoms with E-state index in [0.29, 0.717) is 12.8 Å². The molecule has 42 heavy (non-hydrogen) atoms. The summed E-state index contributed by atoms with van der Waals surface area (Å²) in [5, 5.41) is 19.0. The molecule has 16 heteroatoms. The van der Waals surface area contributed by atoms with Gasteiger partial charge in [-0.15, -0.1) is 0 Å². The fraction of sp³-hybridized carbons (Fsp3) is 0.462. The first kappa shape index (κ1) is 33.5. The molecule has 0 unspecified atom stereocenters. The quantitative estimate of drug-likeness (QED) is 0.387. The number of aliphatic carboxylic acids is 1. The predicted octanol–water partition coefficient (Wildman–Crippen LogP) is 1.59. The molecule has 2 aromatic rings. The van der Waals surface area contributed by atoms with Crippen LogP contribution in [0, 0.1) is 11.6 Å². The number of carbonyl (C=O) groups is 2. The van der Waals surface area contributed by atoms with Crippen LogP contribution in [0.1, 0.15) is 25.7 Å². The van der Waals surface area contributed by atoms with Crippen LogP contribution in [0.3, 0.4) is 0 Å². The molecule has 2 heterocycles. The molecule has 2 saturated heterocycles. The van der Waals surface area contributed by atoms with Crippen LogP contribution in [-0.2, 0) is 39.1 Å². The van der Waals surface area contributed by atoms with Crippen molar-refractivity contribution in [3.63, 3.8) is 0 Å². The number of aliphatic hydroxyl groups excluding tert-OH is 1. The van der Waals surface area contributed by atoms with Gasteiger partial charge in [-0.3, -0.25) is 4.79 Å². The van der Waals surface area contributed by atoms with Crippen molar-refractivity contribution in [1.29, 1.82) is 0 Å². The molecular weight excluding hydrogens is 602 g/mol. The lowest BCUT2D eigenvalue weighted by molar-refractivity contribution is -0.153. The third-order valence-corrected chi connectivity index (χ3v) is 11.2. The summed E-state index contributed by atoms with van der Waals surface area (Å²) < 4.78 is 87.8. The summed E-state index contributed by atoms with van der Waals surface area (Å²) in [6.45, 7) is -0.715. The summed E-state index contributed by atoms with van der Waals surface area (Å²) in [5.74, 6) is -3.16. The highest BCUT2D eigenvalue weighted by Crippen LogP contribution is 2.36. The minimum Gasteiger partial charge on any atom is -0.480 e. The van der Waals surface area contributed by atoms with E-state index in [4.69, 9.17) is 4.74 Å². The third-order valence-electron chi connectivity index (χ3n) is 7.27. The van der Waals surface area contributed by atoms with Crippen LogP contribution in [0.2, 0.25) is 0 Å². The van der Waals surface area contributed by atoms with Gasteiger partial charge < -0.3 is 19.7 Å². The van der Waals surface area contributed by atoms with E-state index in [9.17, 15) is 45.4 Å². The summed E-state index contributed by atoms with van der Waals surface area (Å²) in [6.07, 6.45) is 1.21. The summed E-state index contributed by atoms with van der Waals surface area (Å²) in [5.41, 5.74) is -3.22. The number of benzene rings is 2. The van der Waals surface area contributed by atoms with Gasteiger partial charge in [0.05, 0.1) is 30.1 Å². The first-order valence-corrected chi connectivity index (χ1v) is 15.6. The molecule has 0 aliphatic carbocycles. The molecule has 0 amide bonds. The molecule has 4 rings (SSSR count). The average Bonchev–Trinajstić information content (AvgIpc) is 3.61. The zero-order chi connectivity index (χ0) is 31.3. The van der Waals surface area contributed by atoms with Gasteiger partial charge in [-0.2, -0.15) is 8.61 Å². The van der Waals surface area contributed by atoms with E-state index < -0.39 is 61.3 Å². The Labute approximate surface area is 242 Å². The van der Waals surface area contributed by atoms with Gasteiger partial charge in [-0.25, -0.2) is 30.4 Å². The Kier molecular flexibility index (Phi) is 10.4. The second-order valence-corrected chi connectivity index (χ2v) is 13.4. The van der Waals surface area contributed by atoms with Gasteiger partial charge >= 0.3 is 11.9 Å². The number of carboxylic acids is 1. The van der Waals surface area contributed by atoms with Crippen molar-refractivity contribution in [3.8, 4) is 0 Å². The standard InChI is InChI=1S/2C13H16FNO5S/c1-20-9-13(12(16)17)7-2-8-15(13)21(18,19)11-5-3-10(14)4-6-11;1-20-12(17)13(9-16)7-2-8-15(13)21(18,19)11-5-3-10(14)4-6-11/h3-6H,2,7-9H2,1H3,(H,16,17);3-6,16H,2,7-9H2,1H3/t2*13-/m11/s1. The number of ether oxygens (including phenoxy) is 2. The first-order chi connectivity index (χ1) is 19.7. The summed E-state index contributed by atoms with van der Waals surface area (Å²) in [4.78, 5) is 23.3. The van der Waals surface area contributed by atoms with Crippen LogP contribution in [0.25, 0.3) is 0 Å². The maximum absolute atomic E-state index is 12.9. The summed E-state index contributed by atoms with van der Waals surface area (Å²) >= 11 is 0. The number of esters is 1. The van der Waals surface area contributed by atoms with Crippen LogP contribution >= 0.6 is 0 Å². The molecule has 0 bridgehead atoms. The smallest absolute Gasteiger partial charge is 0.329 e. The Morgan fingerprint density at radius 2 is 1.21 bits per heavy atom. The maximum Gasteiger partial charge on any atom is 0.329 e. The Morgan fingerprint density at radius 3 is 1.57 bits per heavy atom. The van der Waals surface area contributed by atoms with Gasteiger partial charge in [0.25, 0.3) is 0 Å². The molecule has 2 aliphatic heterocycles. The van der Waals surface area contributed by atoms with Gasteiger partial charge in [0.1, 0.15) is 11.6 Å². The van der Waals surface area contributed by atoms with E-state index >= 15 is 0 Å². The Bertz CT molecular complexity index is 1400. The summed E-state index contributed by atoms with van der Waals surface area (Å²) in [7, 11) is -5.58. The van der Waals surface area contributed by atoms with Gasteiger partial charge in [0, 0.05) is 20.2 Å². The van der Waals surface area contributed by atoms with Crippen molar-refractivity contribution < 1.29 is 54.9 Å². The predicted molar refractivity (Wildman–Crippen MR) is 143 cm³/mol. The molecule has 0 radical (unpaired) electrons. The number of hydrogen-bond donors (Lipinski definition) is 2. The van der Waals surface area contributed by atoms with E-state index in [0.717, 1.165) is 64.3 Å². The van der Waals surface area contributed by atoms with Gasteiger partial charge in [-0.1, -0.05) is 0 Å². The highest BCUT2D eigenvalue weighted by atomic mass is 32.2. The van der Waals surface area contributed by atoms with Crippen LogP contribution in [-0.4, -0.2) is 99.2 Å². The van der Waals surface area contributed by atoms with Gasteiger partial charge in [0.2, 0.25) is 20.0 Å². The molecule has 0 saturated carbocycles. The molecule has 2 fully saturated rings. The number of methoxy groups -OCH3 is 2. The van der Waals surface area contributed by atoms with Crippen LogP contribution in [0.5, 0.6) is 0 Å². The van der Waals surface area contributed by atoms with Crippen molar-refractivity contribution in [2.45, 2.75) is 46.6 Å². The number of carboxylic acid groups (broad SMARTS) is 1. The molecule has 2 aromatic carbocycles. The lowest BCUT2D eigenvalue weighted by Crippen LogP contribution is -2.56. The number of carbonyl (C=O) groups excluding carboxylic acids is 1. The maximum atomic E-state index is 12.9. The van der Waals surface area contributed by atoms with Crippen molar-refractivity contribution in [2.75, 3.05) is 40.5 Å². The van der Waals surface area contributed by atoms with E-state index in [1.165, 1.54) is 7.11 Å². The fourth-order valence-electron chi connectivity index (χ4n) is 5.15. The Hall–Kier alpha value is -3.02. The molecule has 232 valence electrons. The number of nitrogens with zero attached hydrogens (tertiary/aromatic N) is 2. The minimum absolute atomic E-state index is 0.0926. The number of rotatable bonds is 9. The van der Waals surface area contributed by atoms with Crippen molar-refractivity contribution >= 4 is 32.0 Å². The van der Waals surface area contributed by atoms with Crippen molar-refractivity contribution in [1.82, 2.24) is 8.61 Å². The van der Waals surface area contributed by atoms with Crippen LogP contribution in [0.15, 0.2) is 58.3 Å². The zero-order valence-electron chi connectivity index (χ0n) is 22.9. The highest BCUT2D eigenvalue weighted by Gasteiger charge is 2.54. The number of sulfonamides is 2.